The highest BCUT2D eigenvalue weighted by molar-refractivity contribution is 7.99. The van der Waals surface area contributed by atoms with Gasteiger partial charge in [0.2, 0.25) is 0 Å². The summed E-state index contributed by atoms with van der Waals surface area (Å²) in [7, 11) is 1.35. The van der Waals surface area contributed by atoms with Crippen LogP contribution >= 0.6 is 23.5 Å². The maximum Gasteiger partial charge on any atom is 0.321 e. The summed E-state index contributed by atoms with van der Waals surface area (Å²) in [5.74, 6) is -6.08. The van der Waals surface area contributed by atoms with Crippen LogP contribution in [-0.2, 0) is 95.0 Å². The number of hydrogen-bond donors (Lipinski definition) is 22. The first-order chi connectivity index (χ1) is 49.0. The number of hydrogen-bond acceptors (Lipinski definition) is 42. The van der Waals surface area contributed by atoms with E-state index in [0.29, 0.717) is 0 Å². The Morgan fingerprint density at radius 1 is 0.350 bits per heavy atom. The lowest BCUT2D eigenvalue weighted by Crippen LogP contribution is -2.68. The number of carboxylic acid groups (broad SMARTS) is 2. The maximum atomic E-state index is 13.0. The van der Waals surface area contributed by atoms with Crippen molar-refractivity contribution in [2.75, 3.05) is 89.5 Å². The maximum absolute atomic E-state index is 13.0. The van der Waals surface area contributed by atoms with E-state index in [9.17, 15) is 126 Å². The van der Waals surface area contributed by atoms with E-state index < -0.39 is 290 Å². The van der Waals surface area contributed by atoms with E-state index in [1.165, 1.54) is 14.0 Å². The van der Waals surface area contributed by atoms with Gasteiger partial charge in [-0.1, -0.05) is 0 Å². The minimum absolute atomic E-state index is 0.0645. The Balaban J connectivity index is 1.08. The first-order valence-electron chi connectivity index (χ1n) is 33.2. The number of carboxylic acids is 2. The summed E-state index contributed by atoms with van der Waals surface area (Å²) in [5.41, 5.74) is 0. The van der Waals surface area contributed by atoms with Gasteiger partial charge >= 0.3 is 11.9 Å². The molecule has 0 aromatic heterocycles. The van der Waals surface area contributed by atoms with E-state index >= 15 is 0 Å². The quantitative estimate of drug-likeness (QED) is 0.0340. The van der Waals surface area contributed by atoms with Crippen LogP contribution in [0.5, 0.6) is 0 Å². The minimum atomic E-state index is -2.31. The number of nitrogens with one attached hydrogen (secondary N) is 1. The molecule has 0 saturated carbocycles. The zero-order valence-corrected chi connectivity index (χ0v) is 57.2. The molecule has 0 amide bonds. The van der Waals surface area contributed by atoms with Crippen molar-refractivity contribution in [3.05, 3.63) is 0 Å². The molecular formula is C59H97NO41S2. The van der Waals surface area contributed by atoms with Crippen molar-refractivity contribution >= 4 is 47.0 Å². The van der Waals surface area contributed by atoms with Crippen LogP contribution in [0.25, 0.3) is 0 Å². The van der Waals surface area contributed by atoms with Crippen LogP contribution in [-0.4, -0.2) is 441 Å². The van der Waals surface area contributed by atoms with Crippen LogP contribution in [0.15, 0.2) is 0 Å². The van der Waals surface area contributed by atoms with Crippen molar-refractivity contribution in [3.8, 4) is 0 Å². The van der Waals surface area contributed by atoms with Crippen molar-refractivity contribution < 1.29 is 202 Å². The monoisotopic (exact) mass is 1540 g/mol. The first-order valence-corrected chi connectivity index (χ1v) is 35.5. The number of aliphatic hydroxyl groups is 19. The molecule has 0 aromatic carbocycles. The molecule has 44 heteroatoms. The van der Waals surface area contributed by atoms with E-state index in [2.05, 4.69) is 5.32 Å². The molecule has 0 aliphatic carbocycles. The van der Waals surface area contributed by atoms with Gasteiger partial charge in [0.05, 0.1) is 77.6 Å². The van der Waals surface area contributed by atoms with E-state index in [-0.39, 0.29) is 62.3 Å². The molecular weight excluding hydrogens is 1440 g/mol. The van der Waals surface area contributed by atoms with Gasteiger partial charge in [-0.05, 0) is 14.0 Å². The predicted molar refractivity (Wildman–Crippen MR) is 332 cm³/mol. The van der Waals surface area contributed by atoms with Crippen LogP contribution < -0.4 is 5.32 Å². The molecule has 37 atom stereocenters. The third-order valence-corrected chi connectivity index (χ3v) is 20.9. The SMILES string of the molecule is CN[C@H](CSCC1O[C@H]2O[C@@H]3C(CO)O[C@H](O[C@@H]4C(CO)O[C@H](O[C@@H]5C(CO)O[C@H](O[C@H]6C(CSC[C@@H](CC(=O)CCOCCOCCC(C)=O)C(=O)O)O[C@H](O[C@@H]7C(CO)O[C@@H](O[C@@H]8C(CO)O[C@@H](O[C@H]1[C@H](O)C2O)C(O)[C@H]8O)C(O)[C@H]7O)C(O)[C@H]6O)C(O)[C@H]5O)C(O)[C@H]4O)C(O)[C@H]3O)C(=O)O. The number of carbonyl (C=O) groups is 4. The topological polar surface area (TPSA) is 653 Å². The average molecular weight is 1540 g/mol. The standard InChI is InChI=1S/C59H97NO41S2/c1-19(66)3-5-86-7-8-87-6-4-21(67)9-20(51(82)83)15-102-17-28-49-35(73)42(80)58(93-28)98-47-26(13-64)89-55(38(76)31(47)69)97-46-25(12-63)92-57(41(79)34(46)72)101-50-29(18-103-16-22(60-2)52(84)85)94-59(43(81)36(50)74)99-48-27(14-65)90-54(39(77)32(48)70)95-44-23(10-61)88-53(37(75)30(44)68)96-45-24(11-62)91-56(100-49)40(78)33(45)71/h20,22-50,53-65,68-81H,3-18H2,1-2H3,(H,82,83)(H,84,85)/t20-,22-,23?,24?,25?,26?,27?,28?,29?,30-,31-,32-,33-,34-,35-,36-,37?,38?,39?,40?,41?,42?,43?,44-,45-,46-,47-,48-,49+,50-,53-,54-,55+,56-,57+,58-,59+/m1/s1. The number of ketones is 2. The lowest BCUT2D eigenvalue weighted by molar-refractivity contribution is -0.395. The van der Waals surface area contributed by atoms with Crippen molar-refractivity contribution in [1.82, 2.24) is 5.32 Å². The number of aliphatic hydroxyl groups excluding tert-OH is 19. The normalized spacial score (nSPS) is 44.9. The molecule has 21 fully saturated rings. The Labute approximate surface area is 595 Å². The van der Waals surface area contributed by atoms with E-state index in [4.69, 9.17) is 75.8 Å². The van der Waals surface area contributed by atoms with Gasteiger partial charge in [-0.15, -0.1) is 0 Å². The van der Waals surface area contributed by atoms with Crippen LogP contribution in [0.3, 0.4) is 0 Å². The van der Waals surface area contributed by atoms with Gasteiger partial charge in [-0.25, -0.2) is 0 Å². The first kappa shape index (κ1) is 86.1. The Morgan fingerprint density at radius 3 is 0.845 bits per heavy atom. The average Bonchev–Trinajstić information content (AvgIpc) is 0.785. The summed E-state index contributed by atoms with van der Waals surface area (Å²) < 4.78 is 93.3. The zero-order valence-electron chi connectivity index (χ0n) is 55.5. The van der Waals surface area contributed by atoms with Crippen molar-refractivity contribution in [1.29, 1.82) is 0 Å². The fourth-order valence-corrected chi connectivity index (χ4v) is 15.0. The van der Waals surface area contributed by atoms with E-state index in [1.54, 1.807) is 0 Å². The molecule has 21 aliphatic rings. The predicted octanol–water partition coefficient (Wildman–Crippen LogP) is -13.0. The van der Waals surface area contributed by atoms with Gasteiger partial charge in [0.1, 0.15) is 176 Å². The number of likely N-dealkylation sites (N-methyl/N-ethyl adjacent to an activating group) is 1. The molecule has 22 N–H and O–H groups in total. The molecule has 21 rings (SSSR count). The molecule has 14 unspecified atom stereocenters. The fourth-order valence-electron chi connectivity index (χ4n) is 12.6. The molecule has 103 heavy (non-hydrogen) atoms. The Bertz CT molecular complexity index is 2610. The molecule has 21 aliphatic heterocycles. The molecule has 0 aromatic rings. The van der Waals surface area contributed by atoms with Gasteiger partial charge < -0.3 is 188 Å². The van der Waals surface area contributed by atoms with Crippen molar-refractivity contribution in [2.45, 2.75) is 247 Å². The number of carbonyl (C=O) groups excluding carboxylic acids is 2. The molecule has 21 saturated heterocycles. The summed E-state index contributed by atoms with van der Waals surface area (Å²) in [4.78, 5) is 48.7. The second kappa shape index (κ2) is 40.0. The van der Waals surface area contributed by atoms with Crippen LogP contribution in [0, 0.1) is 5.92 Å². The van der Waals surface area contributed by atoms with Crippen LogP contribution in [0.2, 0.25) is 0 Å². The van der Waals surface area contributed by atoms with Crippen LogP contribution in [0.4, 0.5) is 0 Å². The zero-order chi connectivity index (χ0) is 75.4. The number of aliphatic carboxylic acids is 2. The Kier molecular flexibility index (Phi) is 33.4. The highest BCUT2D eigenvalue weighted by atomic mass is 32.2. The third-order valence-electron chi connectivity index (χ3n) is 18.6. The Hall–Kier alpha value is -2.46. The summed E-state index contributed by atoms with van der Waals surface area (Å²) in [6.07, 6.45) is -73.1. The van der Waals surface area contributed by atoms with E-state index in [1.807, 2.05) is 0 Å². The second-order valence-corrected chi connectivity index (χ2v) is 27.9. The highest BCUT2D eigenvalue weighted by Crippen LogP contribution is 2.40. The lowest BCUT2D eigenvalue weighted by atomic mass is 9.95. The smallest absolute Gasteiger partial charge is 0.321 e. The highest BCUT2D eigenvalue weighted by Gasteiger charge is 2.60. The van der Waals surface area contributed by atoms with Gasteiger partial charge in [-0.2, -0.15) is 23.5 Å². The fraction of sp³-hybridized carbons (Fsp3) is 0.932. The molecule has 42 nitrogen and oxygen atoms in total. The minimum Gasteiger partial charge on any atom is -0.481 e. The van der Waals surface area contributed by atoms with Crippen molar-refractivity contribution in [3.63, 3.8) is 0 Å². The molecule has 596 valence electrons. The number of thioether (sulfide) groups is 2. The molecule has 14 bridgehead atoms. The number of Topliss-reactive ketones (excluding diaryl/α,β-unsaturated/α-hetero) is 2. The second-order valence-electron chi connectivity index (χ2n) is 25.7. The summed E-state index contributed by atoms with van der Waals surface area (Å²) in [5, 5.41) is 239. The third kappa shape index (κ3) is 21.0. The molecule has 0 radical (unpaired) electrons. The van der Waals surface area contributed by atoms with Gasteiger partial charge in [0.25, 0.3) is 0 Å². The van der Waals surface area contributed by atoms with Gasteiger partial charge in [-0.3, -0.25) is 19.2 Å². The number of rotatable bonds is 27. The lowest BCUT2D eigenvalue weighted by Gasteiger charge is -2.50. The van der Waals surface area contributed by atoms with Crippen molar-refractivity contribution in [2.24, 2.45) is 5.92 Å². The number of ether oxygens (including phenoxy) is 16. The Morgan fingerprint density at radius 2 is 0.602 bits per heavy atom. The van der Waals surface area contributed by atoms with Crippen LogP contribution in [0.1, 0.15) is 26.2 Å². The van der Waals surface area contributed by atoms with E-state index in [0.717, 1.165) is 23.5 Å². The largest absolute Gasteiger partial charge is 0.481 e. The summed E-state index contributed by atoms with van der Waals surface area (Å²) in [6, 6.07) is -1.18. The summed E-state index contributed by atoms with van der Waals surface area (Å²) >= 11 is 1.66. The molecule has 21 heterocycles. The molecule has 0 spiro atoms. The summed E-state index contributed by atoms with van der Waals surface area (Å²) in [6.45, 7) is -3.91. The van der Waals surface area contributed by atoms with Gasteiger partial charge in [0.15, 0.2) is 44.0 Å². The van der Waals surface area contributed by atoms with Gasteiger partial charge in [0, 0.05) is 42.3 Å².